The molecule has 5 fully saturated rings. The Labute approximate surface area is 469 Å². The topological polar surface area (TPSA) is 207 Å². The molecule has 0 radical (unpaired) electrons. The summed E-state index contributed by atoms with van der Waals surface area (Å²) in [4.78, 5) is 76.3. The van der Waals surface area contributed by atoms with E-state index in [1.165, 1.54) is 22.0 Å². The number of anilines is 1. The van der Waals surface area contributed by atoms with Gasteiger partial charge in [0, 0.05) is 112 Å². The lowest BCUT2D eigenvalue weighted by Crippen LogP contribution is -2.67. The number of hydrazine groups is 1. The number of likely N-dealkylation sites (tertiary alicyclic amines) is 2. The number of aromatic nitrogens is 4. The van der Waals surface area contributed by atoms with Crippen molar-refractivity contribution in [3.8, 4) is 34.2 Å². The smallest absolute Gasteiger partial charge is 0.330 e. The van der Waals surface area contributed by atoms with Gasteiger partial charge >= 0.3 is 12.0 Å². The number of esters is 1. The highest BCUT2D eigenvalue weighted by atomic mass is 16.5. The number of likely N-dealkylation sites (N-methyl/N-ethyl adjacent to an activating group) is 1. The molecule has 0 unspecified atom stereocenters. The molecular weight excluding hydrogens is 1010 g/mol. The summed E-state index contributed by atoms with van der Waals surface area (Å²) in [6.07, 6.45) is 11.8. The number of hydrogen-bond donors (Lipinski definition) is 3. The minimum absolute atomic E-state index is 0.0361. The van der Waals surface area contributed by atoms with Crippen molar-refractivity contribution in [3.63, 3.8) is 0 Å². The zero-order valence-corrected chi connectivity index (χ0v) is 47.4. The quantitative estimate of drug-likeness (QED) is 0.129. The van der Waals surface area contributed by atoms with Crippen LogP contribution in [0, 0.1) is 28.1 Å². The molecule has 424 valence electrons. The van der Waals surface area contributed by atoms with E-state index in [4.69, 9.17) is 14.5 Å². The molecule has 2 aromatic carbocycles. The number of phenols is 1. The minimum atomic E-state index is -1.06. The monoisotopic (exact) mass is 1090 g/mol. The number of nitrogens with one attached hydrogen (secondary N) is 2. The van der Waals surface area contributed by atoms with Gasteiger partial charge in [0.05, 0.1) is 42.0 Å². The lowest BCUT2D eigenvalue weighted by atomic mass is 9.72. The highest BCUT2D eigenvalue weighted by molar-refractivity contribution is 5.96. The van der Waals surface area contributed by atoms with Crippen LogP contribution in [0.1, 0.15) is 108 Å². The number of pyridine rings is 1. The molecule has 5 aromatic rings. The number of hydrogen-bond acceptors (Lipinski definition) is 14. The number of methoxy groups -OCH3 is 1. The number of amides is 3. The van der Waals surface area contributed by atoms with Crippen LogP contribution in [0.25, 0.3) is 33.3 Å². The van der Waals surface area contributed by atoms with Gasteiger partial charge in [-0.25, -0.2) is 19.8 Å². The summed E-state index contributed by atoms with van der Waals surface area (Å²) in [6, 6.07) is 13.5. The van der Waals surface area contributed by atoms with Crippen LogP contribution in [0.2, 0.25) is 0 Å². The number of nitriles is 1. The number of cyclic esters (lactones) is 1. The third-order valence-electron chi connectivity index (χ3n) is 18.1. The van der Waals surface area contributed by atoms with E-state index in [1.54, 1.807) is 24.1 Å². The Hall–Kier alpha value is -6.85. The Morgan fingerprint density at radius 2 is 1.75 bits per heavy atom. The molecule has 8 heterocycles. The van der Waals surface area contributed by atoms with Crippen LogP contribution < -0.4 is 15.6 Å². The van der Waals surface area contributed by atoms with E-state index < -0.39 is 29.5 Å². The van der Waals surface area contributed by atoms with Crippen LogP contribution in [-0.2, 0) is 43.2 Å². The number of nitrogens with zero attached hydrogens (tertiary/aromatic N) is 10. The number of benzene rings is 2. The van der Waals surface area contributed by atoms with Crippen LogP contribution >= 0.6 is 0 Å². The van der Waals surface area contributed by atoms with Crippen molar-refractivity contribution in [3.05, 3.63) is 83.7 Å². The van der Waals surface area contributed by atoms with Crippen molar-refractivity contribution in [1.82, 2.24) is 49.6 Å². The molecule has 19 heteroatoms. The molecule has 1 aliphatic carbocycles. The number of aryl methyl sites for hydroxylation is 1. The Kier molecular flexibility index (Phi) is 15.6. The zero-order valence-electron chi connectivity index (χ0n) is 47.4. The average molecular weight is 1090 g/mol. The van der Waals surface area contributed by atoms with Gasteiger partial charge in [-0.15, -0.1) is 0 Å². The molecule has 1 spiro atoms. The summed E-state index contributed by atoms with van der Waals surface area (Å²) in [7, 11) is 3.87. The number of phenolic OH excluding ortho intramolecular Hbond substituents is 1. The molecule has 19 nitrogen and oxygen atoms in total. The maximum Gasteiger partial charge on any atom is 0.330 e. The summed E-state index contributed by atoms with van der Waals surface area (Å²) < 4.78 is 16.0. The first-order valence-electron chi connectivity index (χ1n) is 29.0. The van der Waals surface area contributed by atoms with Crippen LogP contribution in [-0.4, -0.2) is 166 Å². The van der Waals surface area contributed by atoms with Gasteiger partial charge in [0.15, 0.2) is 0 Å². The van der Waals surface area contributed by atoms with Gasteiger partial charge in [-0.2, -0.15) is 5.26 Å². The highest BCUT2D eigenvalue weighted by Crippen LogP contribution is 2.45. The molecule has 80 heavy (non-hydrogen) atoms. The normalized spacial score (nSPS) is 22.8. The number of fused-ring (bicyclic) bond motifs is 6. The van der Waals surface area contributed by atoms with Crippen LogP contribution in [0.15, 0.2) is 61.1 Å². The fourth-order valence-corrected chi connectivity index (χ4v) is 13.9. The van der Waals surface area contributed by atoms with Gasteiger partial charge in [-0.05, 0) is 131 Å². The Morgan fingerprint density at radius 3 is 2.50 bits per heavy atom. The lowest BCUT2D eigenvalue weighted by molar-refractivity contribution is -0.155. The molecule has 3 N–H and O–H groups in total. The van der Waals surface area contributed by atoms with Crippen molar-refractivity contribution >= 4 is 40.4 Å². The van der Waals surface area contributed by atoms with Crippen molar-refractivity contribution in [2.24, 2.45) is 16.7 Å². The molecule has 1 saturated carbocycles. The first-order chi connectivity index (χ1) is 38.5. The molecule has 5 aliphatic heterocycles. The molecule has 3 amide bonds. The molecule has 4 saturated heterocycles. The number of aromatic hydroxyl groups is 1. The SMILES string of the molecule is CCn1c(-c2cc(N3CCN(C)CC3)cnc2[C@H](C)OC)c2c3cc(ccc31)-c1cc(O)cc(c1)C[C@H](NC(=O)[C@H](C1CCCC1)N1CCCC3(CN(C(=O)n4ccnc4C#N)C3)C1)C(=O)N1CCC[C@H](N1)C(=O)OCC(C)(C)C2. The van der Waals surface area contributed by atoms with E-state index in [9.17, 15) is 20.0 Å². The van der Waals surface area contributed by atoms with Gasteiger partial charge in [0.25, 0.3) is 5.91 Å². The third-order valence-corrected chi connectivity index (χ3v) is 18.1. The second kappa shape index (κ2) is 22.6. The third kappa shape index (κ3) is 10.9. The molecule has 6 bridgehead atoms. The lowest BCUT2D eigenvalue weighted by Gasteiger charge is -2.55. The second-order valence-electron chi connectivity index (χ2n) is 24.4. The number of carbonyl (C=O) groups excluding carboxylic acids is 4. The first kappa shape index (κ1) is 55.1. The summed E-state index contributed by atoms with van der Waals surface area (Å²) in [5, 5.41) is 27.0. The summed E-state index contributed by atoms with van der Waals surface area (Å²) in [5.41, 5.74) is 10.8. The summed E-state index contributed by atoms with van der Waals surface area (Å²) >= 11 is 0. The van der Waals surface area contributed by atoms with Crippen LogP contribution in [0.5, 0.6) is 5.75 Å². The molecule has 6 aliphatic rings. The van der Waals surface area contributed by atoms with Crippen molar-refractivity contribution in [2.75, 3.05) is 84.6 Å². The van der Waals surface area contributed by atoms with E-state index in [-0.39, 0.29) is 59.9 Å². The van der Waals surface area contributed by atoms with E-state index in [1.807, 2.05) is 25.3 Å². The van der Waals surface area contributed by atoms with Gasteiger partial charge in [0.1, 0.15) is 23.9 Å². The predicted octanol–water partition coefficient (Wildman–Crippen LogP) is 6.90. The van der Waals surface area contributed by atoms with Gasteiger partial charge in [-0.3, -0.25) is 29.3 Å². The van der Waals surface area contributed by atoms with Gasteiger partial charge in [-0.1, -0.05) is 38.8 Å². The predicted molar refractivity (Wildman–Crippen MR) is 303 cm³/mol. The highest BCUT2D eigenvalue weighted by Gasteiger charge is 2.51. The van der Waals surface area contributed by atoms with E-state index >= 15 is 9.59 Å². The standard InChI is InChI=1S/C61H78N12O7/c1-7-71-51-16-15-42-30-46(51)48(55(71)47-31-44(34-64-53(47)39(2)79-6)68-24-22-67(5)23-25-68)32-60(3,4)38-80-58(77)49-14-10-20-73(66-49)57(76)50(28-40-26-43(42)29-45(74)27-40)65-56(75)54(41-12-8-9-13-41)69-19-11-17-61(35-69)36-70(37-61)59(78)72-21-18-63-52(72)33-62/h15-16,18,21,26-27,29-31,34,39,41,49-50,54,66,74H,7-14,17,19-20,22-25,28,32,35-38H2,1-6H3,(H,65,75)/t39-,49-,50-,54-/m0/s1. The maximum atomic E-state index is 15.3. The van der Waals surface area contributed by atoms with Gasteiger partial charge in [0.2, 0.25) is 11.7 Å². The first-order valence-corrected chi connectivity index (χ1v) is 29.0. The minimum Gasteiger partial charge on any atom is -0.508 e. The number of ether oxygens (including phenoxy) is 2. The number of imidazole rings is 1. The number of piperazine rings is 1. The summed E-state index contributed by atoms with van der Waals surface area (Å²) in [5.74, 6) is -0.893. The number of piperidine rings is 1. The van der Waals surface area contributed by atoms with E-state index in [0.717, 1.165) is 115 Å². The molecular formula is C61H78N12O7. The van der Waals surface area contributed by atoms with Gasteiger partial charge < -0.3 is 39.2 Å². The maximum absolute atomic E-state index is 15.3. The van der Waals surface area contributed by atoms with Crippen molar-refractivity contribution in [1.29, 1.82) is 5.26 Å². The summed E-state index contributed by atoms with van der Waals surface area (Å²) in [6.45, 7) is 15.5. The van der Waals surface area contributed by atoms with Crippen LogP contribution in [0.3, 0.4) is 0 Å². The average Bonchev–Trinajstić information content (AvgIpc) is 4.33. The van der Waals surface area contributed by atoms with Crippen LogP contribution in [0.4, 0.5) is 10.5 Å². The Balaban J connectivity index is 0.958. The molecule has 4 atom stereocenters. The largest absolute Gasteiger partial charge is 0.508 e. The zero-order chi connectivity index (χ0) is 56.0. The number of carbonyl (C=O) groups is 4. The van der Waals surface area contributed by atoms with E-state index in [2.05, 4.69) is 87.1 Å². The second-order valence-corrected chi connectivity index (χ2v) is 24.4. The fourth-order valence-electron chi connectivity index (χ4n) is 13.9. The Morgan fingerprint density at radius 1 is 0.963 bits per heavy atom. The van der Waals surface area contributed by atoms with Crippen molar-refractivity contribution < 1.29 is 33.8 Å². The molecule has 11 rings (SSSR count). The molecule has 3 aromatic heterocycles. The Bertz CT molecular complexity index is 3200. The fraction of sp³-hybridized carbons (Fsp3) is 0.557. The van der Waals surface area contributed by atoms with E-state index in [0.29, 0.717) is 64.1 Å². The number of rotatable bonds is 9. The van der Waals surface area contributed by atoms with Crippen molar-refractivity contribution in [2.45, 2.75) is 123 Å².